The molecule has 0 aliphatic rings. The van der Waals surface area contributed by atoms with Crippen LogP contribution >= 0.6 is 0 Å². The van der Waals surface area contributed by atoms with Crippen LogP contribution in [-0.2, 0) is 14.6 Å². The maximum absolute atomic E-state index is 12.5. The number of hydrazine groups is 1. The van der Waals surface area contributed by atoms with Gasteiger partial charge < -0.3 is 5.32 Å². The number of alkyl halides is 3. The molecule has 2 rings (SSSR count). The fourth-order valence-corrected chi connectivity index (χ4v) is 2.78. The Morgan fingerprint density at radius 2 is 1.50 bits per heavy atom. The van der Waals surface area contributed by atoms with Gasteiger partial charge in [-0.15, -0.1) is 0 Å². The smallest absolute Gasteiger partial charge is 0.376 e. The second-order valence-corrected chi connectivity index (χ2v) is 7.64. The van der Waals surface area contributed by atoms with Gasteiger partial charge in [0.15, 0.2) is 0 Å². The molecule has 0 aliphatic carbocycles. The van der Waals surface area contributed by atoms with E-state index in [1.54, 1.807) is 12.1 Å². The zero-order valence-electron chi connectivity index (χ0n) is 14.5. The summed E-state index contributed by atoms with van der Waals surface area (Å²) >= 11 is 0. The second-order valence-electron chi connectivity index (χ2n) is 5.70. The molecule has 0 saturated carbocycles. The summed E-state index contributed by atoms with van der Waals surface area (Å²) in [6.45, 7) is 1.78. The summed E-state index contributed by atoms with van der Waals surface area (Å²) in [4.78, 5) is 22.6. The fraction of sp³-hybridized carbons (Fsp3) is 0.176. The summed E-state index contributed by atoms with van der Waals surface area (Å²) in [6, 6.07) is 10.4. The lowest BCUT2D eigenvalue weighted by atomic mass is 10.2. The van der Waals surface area contributed by atoms with Gasteiger partial charge in [-0.2, -0.15) is 13.2 Å². The van der Waals surface area contributed by atoms with E-state index in [1.165, 1.54) is 0 Å². The van der Waals surface area contributed by atoms with Gasteiger partial charge in [0.25, 0.3) is 21.7 Å². The molecular formula is C17H16F3N3O4S. The zero-order valence-corrected chi connectivity index (χ0v) is 15.3. The maximum atomic E-state index is 12.5. The molecule has 2 aromatic rings. The molecule has 0 bridgehead atoms. The van der Waals surface area contributed by atoms with E-state index in [4.69, 9.17) is 0 Å². The maximum Gasteiger partial charge on any atom is 0.501 e. The van der Waals surface area contributed by atoms with E-state index in [-0.39, 0.29) is 12.1 Å². The lowest BCUT2D eigenvalue weighted by Crippen LogP contribution is -2.44. The quantitative estimate of drug-likeness (QED) is 0.650. The molecule has 7 nitrogen and oxygen atoms in total. The normalized spacial score (nSPS) is 11.6. The second kappa shape index (κ2) is 8.30. The molecule has 28 heavy (non-hydrogen) atoms. The average molecular weight is 415 g/mol. The minimum Gasteiger partial charge on any atom is -0.376 e. The number of hydrogen-bond donors (Lipinski definition) is 3. The molecule has 0 aromatic heterocycles. The van der Waals surface area contributed by atoms with Gasteiger partial charge in [0, 0.05) is 11.3 Å². The van der Waals surface area contributed by atoms with Crippen LogP contribution in [0, 0.1) is 6.92 Å². The lowest BCUT2D eigenvalue weighted by molar-refractivity contribution is -0.120. The largest absolute Gasteiger partial charge is 0.501 e. The van der Waals surface area contributed by atoms with Crippen molar-refractivity contribution in [3.05, 3.63) is 59.7 Å². The molecular weight excluding hydrogens is 399 g/mol. The number of rotatable bonds is 5. The van der Waals surface area contributed by atoms with E-state index in [0.29, 0.717) is 17.8 Å². The molecule has 0 spiro atoms. The summed E-state index contributed by atoms with van der Waals surface area (Å²) in [6.07, 6.45) is 0. The van der Waals surface area contributed by atoms with Crippen molar-refractivity contribution in [2.45, 2.75) is 17.3 Å². The van der Waals surface area contributed by atoms with Gasteiger partial charge in [0.05, 0.1) is 11.4 Å². The van der Waals surface area contributed by atoms with Crippen molar-refractivity contribution < 1.29 is 31.2 Å². The molecule has 0 aliphatic heterocycles. The first kappa shape index (κ1) is 21.2. The third-order valence-corrected chi connectivity index (χ3v) is 5.05. The Morgan fingerprint density at radius 3 is 2.04 bits per heavy atom. The standard InChI is InChI=1S/C17H16F3N3O4S/c1-11-2-6-13(7-3-11)21-10-15(24)22-23-16(25)12-4-8-14(9-5-12)28(26,27)17(18,19)20/h2-9,21H,10H2,1H3,(H,22,24)(H,23,25). The topological polar surface area (TPSA) is 104 Å². The van der Waals surface area contributed by atoms with Crippen LogP contribution in [0.5, 0.6) is 0 Å². The molecule has 150 valence electrons. The van der Waals surface area contributed by atoms with Crippen molar-refractivity contribution in [3.8, 4) is 0 Å². The highest BCUT2D eigenvalue weighted by atomic mass is 32.2. The van der Waals surface area contributed by atoms with Gasteiger partial charge in [-0.25, -0.2) is 8.42 Å². The first-order chi connectivity index (χ1) is 13.0. The number of anilines is 1. The first-order valence-corrected chi connectivity index (χ1v) is 9.30. The molecule has 0 radical (unpaired) electrons. The lowest BCUT2D eigenvalue weighted by Gasteiger charge is -2.10. The summed E-state index contributed by atoms with van der Waals surface area (Å²) in [5.41, 5.74) is 0.402. The Morgan fingerprint density at radius 1 is 0.929 bits per heavy atom. The van der Waals surface area contributed by atoms with Crippen molar-refractivity contribution in [2.75, 3.05) is 11.9 Å². The van der Waals surface area contributed by atoms with Crippen molar-refractivity contribution in [2.24, 2.45) is 0 Å². The summed E-state index contributed by atoms with van der Waals surface area (Å²) in [5, 5.41) is 2.84. The number of hydrogen-bond acceptors (Lipinski definition) is 5. The van der Waals surface area contributed by atoms with Gasteiger partial charge in [0.1, 0.15) is 0 Å². The molecule has 0 saturated heterocycles. The summed E-state index contributed by atoms with van der Waals surface area (Å²) < 4.78 is 60.0. The van der Waals surface area contributed by atoms with Crippen molar-refractivity contribution in [1.82, 2.24) is 10.9 Å². The average Bonchev–Trinajstić information content (AvgIpc) is 2.64. The highest BCUT2D eigenvalue weighted by Gasteiger charge is 2.46. The predicted octanol–water partition coefficient (Wildman–Crippen LogP) is 2.16. The summed E-state index contributed by atoms with van der Waals surface area (Å²) in [5.74, 6) is -1.38. The number of halogens is 3. The van der Waals surface area contributed by atoms with Gasteiger partial charge in [-0.05, 0) is 43.3 Å². The van der Waals surface area contributed by atoms with Gasteiger partial charge >= 0.3 is 5.51 Å². The predicted molar refractivity (Wildman–Crippen MR) is 95.0 cm³/mol. The minimum atomic E-state index is -5.49. The number of sulfone groups is 1. The van der Waals surface area contributed by atoms with Crippen LogP contribution in [0.15, 0.2) is 53.4 Å². The van der Waals surface area contributed by atoms with Gasteiger partial charge in [0.2, 0.25) is 0 Å². The molecule has 0 fully saturated rings. The van der Waals surface area contributed by atoms with Crippen LogP contribution in [0.3, 0.4) is 0 Å². The Kier molecular flexibility index (Phi) is 6.29. The van der Waals surface area contributed by atoms with Crippen LogP contribution in [0.1, 0.15) is 15.9 Å². The van der Waals surface area contributed by atoms with E-state index in [2.05, 4.69) is 16.2 Å². The number of aryl methyl sites for hydroxylation is 1. The molecule has 0 atom stereocenters. The Bertz CT molecular complexity index is 957. The summed E-state index contributed by atoms with van der Waals surface area (Å²) in [7, 11) is -5.49. The highest BCUT2D eigenvalue weighted by molar-refractivity contribution is 7.92. The van der Waals surface area contributed by atoms with Crippen LogP contribution in [-0.4, -0.2) is 32.3 Å². The third-order valence-electron chi connectivity index (χ3n) is 3.55. The van der Waals surface area contributed by atoms with Crippen molar-refractivity contribution in [3.63, 3.8) is 0 Å². The number of carbonyl (C=O) groups excluding carboxylic acids is 2. The molecule has 11 heteroatoms. The monoisotopic (exact) mass is 415 g/mol. The van der Waals surface area contributed by atoms with E-state index in [0.717, 1.165) is 17.7 Å². The van der Waals surface area contributed by atoms with E-state index in [1.807, 2.05) is 19.1 Å². The highest BCUT2D eigenvalue weighted by Crippen LogP contribution is 2.30. The Hall–Kier alpha value is -3.08. The molecule has 3 N–H and O–H groups in total. The van der Waals surface area contributed by atoms with Crippen LogP contribution in [0.25, 0.3) is 0 Å². The third kappa shape index (κ3) is 5.22. The number of benzene rings is 2. The SMILES string of the molecule is Cc1ccc(NCC(=O)NNC(=O)c2ccc(S(=O)(=O)C(F)(F)F)cc2)cc1. The molecule has 0 heterocycles. The van der Waals surface area contributed by atoms with E-state index in [9.17, 15) is 31.2 Å². The van der Waals surface area contributed by atoms with Crippen molar-refractivity contribution in [1.29, 1.82) is 0 Å². The van der Waals surface area contributed by atoms with Crippen LogP contribution in [0.4, 0.5) is 18.9 Å². The molecule has 0 unspecified atom stereocenters. The van der Waals surface area contributed by atoms with Crippen LogP contribution in [0.2, 0.25) is 0 Å². The minimum absolute atomic E-state index is 0.132. The molecule has 2 aromatic carbocycles. The van der Waals surface area contributed by atoms with Crippen molar-refractivity contribution >= 4 is 27.3 Å². The first-order valence-electron chi connectivity index (χ1n) is 7.82. The fourth-order valence-electron chi connectivity index (χ4n) is 2.02. The Balaban J connectivity index is 1.89. The number of nitrogens with one attached hydrogen (secondary N) is 3. The molecule has 2 amide bonds. The number of carbonyl (C=O) groups is 2. The van der Waals surface area contributed by atoms with Gasteiger partial charge in [-0.1, -0.05) is 17.7 Å². The van der Waals surface area contributed by atoms with E-state index < -0.39 is 32.1 Å². The van der Waals surface area contributed by atoms with Crippen LogP contribution < -0.4 is 16.2 Å². The van der Waals surface area contributed by atoms with E-state index >= 15 is 0 Å². The Labute approximate surface area is 158 Å². The number of amides is 2. The van der Waals surface area contributed by atoms with Gasteiger partial charge in [-0.3, -0.25) is 20.4 Å². The zero-order chi connectivity index (χ0) is 20.9.